The number of aliphatic hydroxyl groups excluding tert-OH is 1. The second-order valence-electron chi connectivity index (χ2n) is 16.7. The van der Waals surface area contributed by atoms with E-state index in [4.69, 9.17) is 14.8 Å². The highest BCUT2D eigenvalue weighted by molar-refractivity contribution is 7.47. The van der Waals surface area contributed by atoms with Crippen LogP contribution in [0.15, 0.2) is 0 Å². The van der Waals surface area contributed by atoms with Crippen molar-refractivity contribution >= 4 is 13.7 Å². The van der Waals surface area contributed by atoms with Crippen molar-refractivity contribution in [1.82, 2.24) is 5.32 Å². The summed E-state index contributed by atoms with van der Waals surface area (Å²) in [5, 5.41) is 13.9. The third kappa shape index (κ3) is 41.5. The lowest BCUT2D eigenvalue weighted by atomic mass is 10.0. The van der Waals surface area contributed by atoms with E-state index < -0.39 is 20.0 Å². The summed E-state index contributed by atoms with van der Waals surface area (Å²) in [6.07, 6.45) is 46.8. The molecule has 0 fully saturated rings. The van der Waals surface area contributed by atoms with Crippen LogP contribution in [0.1, 0.15) is 258 Å². The number of hydrogen-bond donors (Lipinski definition) is 4. The van der Waals surface area contributed by atoms with E-state index in [1.54, 1.807) is 0 Å². The number of aliphatic hydroxyl groups is 1. The van der Waals surface area contributed by atoms with E-state index in [1.165, 1.54) is 193 Å². The summed E-state index contributed by atoms with van der Waals surface area (Å²) in [5.74, 6) is -0.155. The smallest absolute Gasteiger partial charge is 0.391 e. The zero-order valence-electron chi connectivity index (χ0n) is 36.7. The Bertz CT molecular complexity index is 834. The Morgan fingerprint density at radius 1 is 0.527 bits per heavy atom. The van der Waals surface area contributed by atoms with Gasteiger partial charge in [0.05, 0.1) is 25.4 Å². The third-order valence-electron chi connectivity index (χ3n) is 11.2. The van der Waals surface area contributed by atoms with Crippen LogP contribution >= 0.6 is 7.82 Å². The predicted octanol–water partition coefficient (Wildman–Crippen LogP) is 13.8. The van der Waals surface area contributed by atoms with Gasteiger partial charge in [-0.2, -0.15) is 0 Å². The number of nitrogens with two attached hydrogens (primary N) is 1. The highest BCUT2D eigenvalue weighted by Gasteiger charge is 2.27. The highest BCUT2D eigenvalue weighted by atomic mass is 31.2. The lowest BCUT2D eigenvalue weighted by Gasteiger charge is -2.25. The molecule has 5 N–H and O–H groups in total. The Balaban J connectivity index is 4.05. The molecule has 0 radical (unpaired) electrons. The summed E-state index contributed by atoms with van der Waals surface area (Å²) in [5.41, 5.74) is 5.39. The van der Waals surface area contributed by atoms with Gasteiger partial charge in [-0.25, -0.2) is 4.57 Å². The number of unbranched alkanes of at least 4 members (excludes halogenated alkanes) is 34. The first kappa shape index (κ1) is 54.5. The van der Waals surface area contributed by atoms with Gasteiger partial charge in [-0.05, 0) is 12.8 Å². The number of carbonyl (C=O) groups excluding carboxylic acids is 1. The fourth-order valence-electron chi connectivity index (χ4n) is 7.55. The van der Waals surface area contributed by atoms with Crippen LogP contribution in [0.2, 0.25) is 0 Å². The maximum atomic E-state index is 12.8. The summed E-state index contributed by atoms with van der Waals surface area (Å²) in [7, 11) is -4.31. The molecule has 0 aliphatic carbocycles. The van der Waals surface area contributed by atoms with E-state index in [-0.39, 0.29) is 25.7 Å². The Morgan fingerprint density at radius 2 is 0.836 bits per heavy atom. The summed E-state index contributed by atoms with van der Waals surface area (Å²) >= 11 is 0. The zero-order valence-corrected chi connectivity index (χ0v) is 37.6. The van der Waals surface area contributed by atoms with E-state index in [0.29, 0.717) is 12.8 Å². The first-order chi connectivity index (χ1) is 26.9. The Kier molecular flexibility index (Phi) is 42.7. The van der Waals surface area contributed by atoms with E-state index in [2.05, 4.69) is 19.2 Å². The van der Waals surface area contributed by atoms with Gasteiger partial charge in [-0.15, -0.1) is 0 Å². The maximum Gasteiger partial charge on any atom is 0.472 e. The van der Waals surface area contributed by atoms with Gasteiger partial charge in [0.2, 0.25) is 5.91 Å². The standard InChI is InChI=1S/C46H95N2O6P/c1-3-5-7-9-11-13-15-17-19-21-23-25-27-29-31-33-35-37-39-45(49)44(43-54-55(51,52)53-42-41-47)48-46(50)40-38-36-34-32-30-28-26-24-22-20-18-16-14-12-10-8-6-4-2/h44-45,49H,3-43,47H2,1-2H3,(H,48,50)(H,51,52). The van der Waals surface area contributed by atoms with Crippen molar-refractivity contribution in [3.05, 3.63) is 0 Å². The van der Waals surface area contributed by atoms with Crippen molar-refractivity contribution in [2.45, 2.75) is 270 Å². The van der Waals surface area contributed by atoms with Crippen LogP contribution in [0.4, 0.5) is 0 Å². The second kappa shape index (κ2) is 43.1. The molecule has 3 unspecified atom stereocenters. The van der Waals surface area contributed by atoms with Crippen LogP contribution < -0.4 is 11.1 Å². The fraction of sp³-hybridized carbons (Fsp3) is 0.978. The van der Waals surface area contributed by atoms with Gasteiger partial charge in [0.25, 0.3) is 0 Å². The molecule has 8 nitrogen and oxygen atoms in total. The number of amides is 1. The van der Waals surface area contributed by atoms with Crippen molar-refractivity contribution in [3.63, 3.8) is 0 Å². The molecule has 0 spiro atoms. The van der Waals surface area contributed by atoms with Gasteiger partial charge in [0.1, 0.15) is 0 Å². The molecule has 55 heavy (non-hydrogen) atoms. The van der Waals surface area contributed by atoms with Crippen molar-refractivity contribution in [2.24, 2.45) is 5.73 Å². The van der Waals surface area contributed by atoms with Crippen LogP contribution in [0.5, 0.6) is 0 Å². The molecule has 330 valence electrons. The molecule has 0 rings (SSSR count). The quantitative estimate of drug-likeness (QED) is 0.0356. The number of phosphoric acid groups is 1. The molecule has 0 aromatic carbocycles. The average molecular weight is 803 g/mol. The molecule has 0 aromatic rings. The van der Waals surface area contributed by atoms with Crippen LogP contribution in [-0.2, 0) is 18.4 Å². The molecule has 0 heterocycles. The van der Waals surface area contributed by atoms with E-state index in [9.17, 15) is 19.4 Å². The minimum Gasteiger partial charge on any atom is -0.391 e. The number of rotatable bonds is 46. The minimum absolute atomic E-state index is 0.0927. The Morgan fingerprint density at radius 3 is 1.16 bits per heavy atom. The van der Waals surface area contributed by atoms with Crippen LogP contribution in [-0.4, -0.2) is 47.8 Å². The summed E-state index contributed by atoms with van der Waals surface area (Å²) < 4.78 is 22.2. The molecule has 0 saturated heterocycles. The molecule has 3 atom stereocenters. The fourth-order valence-corrected chi connectivity index (χ4v) is 8.31. The van der Waals surface area contributed by atoms with Gasteiger partial charge in [0, 0.05) is 13.0 Å². The lowest BCUT2D eigenvalue weighted by Crippen LogP contribution is -2.46. The number of carbonyl (C=O) groups is 1. The maximum absolute atomic E-state index is 12.8. The van der Waals surface area contributed by atoms with Crippen molar-refractivity contribution in [3.8, 4) is 0 Å². The normalized spacial score (nSPS) is 13.9. The molecule has 0 aromatic heterocycles. The van der Waals surface area contributed by atoms with Gasteiger partial charge < -0.3 is 21.1 Å². The topological polar surface area (TPSA) is 131 Å². The molecule has 0 bridgehead atoms. The molecule has 0 aliphatic rings. The first-order valence-corrected chi connectivity index (χ1v) is 25.6. The van der Waals surface area contributed by atoms with Crippen LogP contribution in [0.25, 0.3) is 0 Å². The Hall–Kier alpha value is -0.500. The van der Waals surface area contributed by atoms with Gasteiger partial charge in [-0.3, -0.25) is 13.8 Å². The van der Waals surface area contributed by atoms with Gasteiger partial charge in [-0.1, -0.05) is 239 Å². The predicted molar refractivity (Wildman–Crippen MR) is 236 cm³/mol. The van der Waals surface area contributed by atoms with Crippen LogP contribution in [0.3, 0.4) is 0 Å². The summed E-state index contributed by atoms with van der Waals surface area (Å²) in [6, 6.07) is -0.768. The van der Waals surface area contributed by atoms with Crippen LogP contribution in [0, 0.1) is 0 Å². The average Bonchev–Trinajstić information content (AvgIpc) is 3.17. The Labute approximate surface area is 342 Å². The van der Waals surface area contributed by atoms with Crippen molar-refractivity contribution in [2.75, 3.05) is 19.8 Å². The molecule has 0 aliphatic heterocycles. The van der Waals surface area contributed by atoms with Gasteiger partial charge >= 0.3 is 7.82 Å². The summed E-state index contributed by atoms with van der Waals surface area (Å²) in [6.45, 7) is 4.25. The zero-order chi connectivity index (χ0) is 40.3. The monoisotopic (exact) mass is 803 g/mol. The highest BCUT2D eigenvalue weighted by Crippen LogP contribution is 2.43. The minimum atomic E-state index is -4.31. The second-order valence-corrected chi connectivity index (χ2v) is 18.1. The van der Waals surface area contributed by atoms with Gasteiger partial charge in [0.15, 0.2) is 0 Å². The molecule has 1 amide bonds. The summed E-state index contributed by atoms with van der Waals surface area (Å²) in [4.78, 5) is 22.8. The number of phosphoric ester groups is 1. The van der Waals surface area contributed by atoms with Crippen molar-refractivity contribution < 1.29 is 28.4 Å². The SMILES string of the molecule is CCCCCCCCCCCCCCCCCCCCC(=O)NC(COP(=O)(O)OCCN)C(O)CCCCCCCCCCCCCCCCCCCC. The largest absolute Gasteiger partial charge is 0.472 e. The first-order valence-electron chi connectivity index (χ1n) is 24.2. The molecular formula is C46H95N2O6P. The van der Waals surface area contributed by atoms with E-state index >= 15 is 0 Å². The number of nitrogens with one attached hydrogen (secondary N) is 1. The molecular weight excluding hydrogens is 707 g/mol. The third-order valence-corrected chi connectivity index (χ3v) is 12.2. The molecule has 9 heteroatoms. The van der Waals surface area contributed by atoms with Crippen molar-refractivity contribution in [1.29, 1.82) is 0 Å². The lowest BCUT2D eigenvalue weighted by molar-refractivity contribution is -0.123. The van der Waals surface area contributed by atoms with E-state index in [0.717, 1.165) is 38.5 Å². The number of hydrogen-bond acceptors (Lipinski definition) is 6. The van der Waals surface area contributed by atoms with E-state index in [1.807, 2.05) is 0 Å². The molecule has 0 saturated carbocycles.